The number of esters is 3. The Balaban J connectivity index is 1.78. The van der Waals surface area contributed by atoms with Crippen molar-refractivity contribution >= 4 is 17.9 Å². The first-order valence-electron chi connectivity index (χ1n) is 11.1. The van der Waals surface area contributed by atoms with Crippen molar-refractivity contribution in [1.29, 1.82) is 0 Å². The molecule has 2 bridgehead atoms. The molecule has 0 aromatic carbocycles. The fourth-order valence-corrected chi connectivity index (χ4v) is 4.98. The predicted molar refractivity (Wildman–Crippen MR) is 110 cm³/mol. The van der Waals surface area contributed by atoms with Gasteiger partial charge in [0.05, 0.1) is 16.6 Å². The highest BCUT2D eigenvalue weighted by Crippen LogP contribution is 2.63. The molecule has 1 heterocycles. The minimum Gasteiger partial charge on any atom is -0.458 e. The van der Waals surface area contributed by atoms with Crippen LogP contribution in [0, 0.1) is 22.7 Å². The summed E-state index contributed by atoms with van der Waals surface area (Å²) < 4.78 is 17.0. The molecule has 3 rings (SSSR count). The minimum atomic E-state index is -1.44. The summed E-state index contributed by atoms with van der Waals surface area (Å²) in [5.74, 6) is -2.32. The standard InChI is InChI=1S/C23H36O8/c1-8-20(2,3)17(24)30-15-12-9-13-16(15)31-19(26)23(13,10-12)18(25)29-14(22(6,7)28)11-21(4,5)27/h12-16,27-28H,8-11H2,1-7H3. The van der Waals surface area contributed by atoms with Crippen LogP contribution in [0.3, 0.4) is 0 Å². The molecule has 6 atom stereocenters. The van der Waals surface area contributed by atoms with Gasteiger partial charge in [0.15, 0.2) is 5.41 Å². The summed E-state index contributed by atoms with van der Waals surface area (Å²) in [7, 11) is 0. The molecule has 2 N–H and O–H groups in total. The van der Waals surface area contributed by atoms with Gasteiger partial charge in [0.1, 0.15) is 18.3 Å². The van der Waals surface area contributed by atoms with E-state index in [-0.39, 0.29) is 24.7 Å². The molecule has 2 saturated carbocycles. The third-order valence-electron chi connectivity index (χ3n) is 7.33. The van der Waals surface area contributed by atoms with Crippen LogP contribution in [0.4, 0.5) is 0 Å². The molecule has 31 heavy (non-hydrogen) atoms. The van der Waals surface area contributed by atoms with Crippen LogP contribution in [0.2, 0.25) is 0 Å². The minimum absolute atomic E-state index is 0.0111. The summed E-state index contributed by atoms with van der Waals surface area (Å²) >= 11 is 0. The monoisotopic (exact) mass is 440 g/mol. The summed E-state index contributed by atoms with van der Waals surface area (Å²) in [6.07, 6.45) is -0.863. The van der Waals surface area contributed by atoms with Gasteiger partial charge in [-0.3, -0.25) is 14.4 Å². The molecular formula is C23H36O8. The summed E-state index contributed by atoms with van der Waals surface area (Å²) in [4.78, 5) is 38.7. The lowest BCUT2D eigenvalue weighted by Gasteiger charge is -2.36. The number of hydrogen-bond donors (Lipinski definition) is 2. The van der Waals surface area contributed by atoms with Crippen LogP contribution >= 0.6 is 0 Å². The molecule has 0 aromatic rings. The zero-order valence-corrected chi connectivity index (χ0v) is 19.6. The first-order chi connectivity index (χ1) is 14.0. The van der Waals surface area contributed by atoms with Gasteiger partial charge >= 0.3 is 17.9 Å². The van der Waals surface area contributed by atoms with E-state index in [0.717, 1.165) is 0 Å². The van der Waals surface area contributed by atoms with Crippen LogP contribution in [0.5, 0.6) is 0 Å². The molecule has 3 fully saturated rings. The van der Waals surface area contributed by atoms with Crippen LogP contribution < -0.4 is 0 Å². The molecule has 8 nitrogen and oxygen atoms in total. The highest BCUT2D eigenvalue weighted by Gasteiger charge is 2.75. The van der Waals surface area contributed by atoms with Gasteiger partial charge < -0.3 is 24.4 Å². The molecule has 0 radical (unpaired) electrons. The zero-order chi connectivity index (χ0) is 23.6. The van der Waals surface area contributed by atoms with Gasteiger partial charge in [-0.05, 0) is 60.8 Å². The highest BCUT2D eigenvalue weighted by atomic mass is 16.6. The third kappa shape index (κ3) is 4.09. The average Bonchev–Trinajstić information content (AvgIpc) is 3.21. The maximum Gasteiger partial charge on any atom is 0.324 e. The second-order valence-corrected chi connectivity index (χ2v) is 11.3. The molecule has 0 aromatic heterocycles. The summed E-state index contributed by atoms with van der Waals surface area (Å²) in [6, 6.07) is 0. The molecular weight excluding hydrogens is 404 g/mol. The summed E-state index contributed by atoms with van der Waals surface area (Å²) in [5, 5.41) is 20.7. The van der Waals surface area contributed by atoms with E-state index in [2.05, 4.69) is 0 Å². The van der Waals surface area contributed by atoms with E-state index >= 15 is 0 Å². The van der Waals surface area contributed by atoms with Crippen molar-refractivity contribution in [2.75, 3.05) is 0 Å². The Bertz CT molecular complexity index is 759. The summed E-state index contributed by atoms with van der Waals surface area (Å²) in [6.45, 7) is 11.6. The Hall–Kier alpha value is -1.67. The number of rotatable bonds is 8. The first kappa shape index (κ1) is 24.0. The van der Waals surface area contributed by atoms with Gasteiger partial charge in [-0.1, -0.05) is 6.92 Å². The number of fused-ring (bicyclic) bond motifs is 1. The Kier molecular flexibility index (Phi) is 5.76. The largest absolute Gasteiger partial charge is 0.458 e. The molecule has 1 aliphatic heterocycles. The Morgan fingerprint density at radius 1 is 1.19 bits per heavy atom. The van der Waals surface area contributed by atoms with E-state index in [1.165, 1.54) is 13.8 Å². The maximum atomic E-state index is 13.3. The van der Waals surface area contributed by atoms with Crippen molar-refractivity contribution in [3.63, 3.8) is 0 Å². The van der Waals surface area contributed by atoms with E-state index in [1.807, 2.05) is 20.8 Å². The van der Waals surface area contributed by atoms with Crippen molar-refractivity contribution in [3.8, 4) is 0 Å². The fraction of sp³-hybridized carbons (Fsp3) is 0.870. The Morgan fingerprint density at radius 3 is 2.32 bits per heavy atom. The van der Waals surface area contributed by atoms with E-state index in [4.69, 9.17) is 14.2 Å². The average molecular weight is 441 g/mol. The molecule has 176 valence electrons. The van der Waals surface area contributed by atoms with Crippen molar-refractivity contribution in [3.05, 3.63) is 0 Å². The van der Waals surface area contributed by atoms with Crippen LogP contribution in [0.1, 0.15) is 74.1 Å². The molecule has 0 spiro atoms. The second-order valence-electron chi connectivity index (χ2n) is 11.3. The van der Waals surface area contributed by atoms with Crippen molar-refractivity contribution in [1.82, 2.24) is 0 Å². The zero-order valence-electron chi connectivity index (χ0n) is 19.6. The SMILES string of the molecule is CCC(C)(C)C(=O)OC1C2CC3C1OC(=O)C3(C(=O)OC(CC(C)(C)O)C(C)(C)O)C2. The number of aliphatic hydroxyl groups is 2. The number of carbonyl (C=O) groups is 3. The molecule has 0 amide bonds. The quantitative estimate of drug-likeness (QED) is 0.335. The Labute approximate surface area is 183 Å². The van der Waals surface area contributed by atoms with Crippen LogP contribution in [0.25, 0.3) is 0 Å². The van der Waals surface area contributed by atoms with Gasteiger partial charge in [-0.2, -0.15) is 0 Å². The van der Waals surface area contributed by atoms with Crippen LogP contribution in [-0.4, -0.2) is 57.6 Å². The lowest BCUT2D eigenvalue weighted by atomic mass is 9.73. The van der Waals surface area contributed by atoms with Crippen molar-refractivity contribution < 1.29 is 38.8 Å². The van der Waals surface area contributed by atoms with E-state index in [0.29, 0.717) is 12.8 Å². The molecule has 8 heteroatoms. The van der Waals surface area contributed by atoms with Crippen LogP contribution in [-0.2, 0) is 28.6 Å². The van der Waals surface area contributed by atoms with E-state index in [1.54, 1.807) is 13.8 Å². The Morgan fingerprint density at radius 2 is 1.81 bits per heavy atom. The van der Waals surface area contributed by atoms with Gasteiger partial charge in [0.25, 0.3) is 0 Å². The molecule has 6 unspecified atom stereocenters. The third-order valence-corrected chi connectivity index (χ3v) is 7.33. The number of hydrogen-bond acceptors (Lipinski definition) is 8. The number of ether oxygens (including phenoxy) is 3. The lowest BCUT2D eigenvalue weighted by molar-refractivity contribution is -0.183. The van der Waals surface area contributed by atoms with Gasteiger partial charge in [-0.25, -0.2) is 0 Å². The smallest absolute Gasteiger partial charge is 0.324 e. The van der Waals surface area contributed by atoms with Gasteiger partial charge in [0, 0.05) is 18.3 Å². The van der Waals surface area contributed by atoms with E-state index < -0.39 is 58.2 Å². The summed E-state index contributed by atoms with van der Waals surface area (Å²) in [5.41, 5.74) is -4.67. The van der Waals surface area contributed by atoms with E-state index in [9.17, 15) is 24.6 Å². The first-order valence-corrected chi connectivity index (χ1v) is 11.1. The van der Waals surface area contributed by atoms with Crippen LogP contribution in [0.15, 0.2) is 0 Å². The molecule has 3 aliphatic rings. The topological polar surface area (TPSA) is 119 Å². The normalized spacial score (nSPS) is 33.3. The van der Waals surface area contributed by atoms with Crippen molar-refractivity contribution in [2.45, 2.75) is 104 Å². The second kappa shape index (κ2) is 7.44. The van der Waals surface area contributed by atoms with Crippen molar-refractivity contribution in [2.24, 2.45) is 22.7 Å². The highest BCUT2D eigenvalue weighted by molar-refractivity contribution is 6.03. The van der Waals surface area contributed by atoms with Gasteiger partial charge in [0.2, 0.25) is 0 Å². The van der Waals surface area contributed by atoms with Gasteiger partial charge in [-0.15, -0.1) is 0 Å². The molecule has 2 aliphatic carbocycles. The maximum absolute atomic E-state index is 13.3. The predicted octanol–water partition coefficient (Wildman–Crippen LogP) is 2.13. The number of carbonyl (C=O) groups excluding carboxylic acids is 3. The lowest BCUT2D eigenvalue weighted by Crippen LogP contribution is -2.50. The fourth-order valence-electron chi connectivity index (χ4n) is 4.98. The molecule has 1 saturated heterocycles.